The van der Waals surface area contributed by atoms with E-state index in [4.69, 9.17) is 0 Å². The second kappa shape index (κ2) is 15.5. The fourth-order valence-electron chi connectivity index (χ4n) is 8.36. The lowest BCUT2D eigenvalue weighted by Crippen LogP contribution is -2.00. The number of nitrogens with one attached hydrogen (secondary N) is 1. The van der Waals surface area contributed by atoms with Crippen LogP contribution in [0.15, 0.2) is 219 Å². The second-order valence-electron chi connectivity index (χ2n) is 14.5. The number of hydrogen-bond donors (Lipinski definition) is 1. The van der Waals surface area contributed by atoms with Gasteiger partial charge in [0.2, 0.25) is 0 Å². The molecule has 1 aromatic heterocycles. The number of rotatable bonds is 10. The minimum Gasteiger partial charge on any atom is -0.309 e. The Hall–Kier alpha value is -7.55. The van der Waals surface area contributed by atoms with E-state index in [1.54, 1.807) is 0 Å². The Balaban J connectivity index is 1.02. The molecule has 0 spiro atoms. The van der Waals surface area contributed by atoms with Gasteiger partial charge in [-0.2, -0.15) is 0 Å². The molecule has 0 bridgehead atoms. The maximum Gasteiger partial charge on any atom is 0.0624 e. The average molecular weight is 743 g/mol. The van der Waals surface area contributed by atoms with Crippen molar-refractivity contribution < 1.29 is 0 Å². The molecule has 9 rings (SSSR count). The van der Waals surface area contributed by atoms with Gasteiger partial charge in [0.15, 0.2) is 0 Å². The van der Waals surface area contributed by atoms with E-state index in [1.807, 2.05) is 31.2 Å². The lowest BCUT2D eigenvalue weighted by atomic mass is 9.86. The van der Waals surface area contributed by atoms with E-state index in [-0.39, 0.29) is 0 Å². The fourth-order valence-corrected chi connectivity index (χ4v) is 8.36. The minimum absolute atomic E-state index is 0.448. The Morgan fingerprint density at radius 2 is 1.02 bits per heavy atom. The lowest BCUT2D eigenvalue weighted by molar-refractivity contribution is 1.24. The highest BCUT2D eigenvalue weighted by Gasteiger charge is 2.18. The summed E-state index contributed by atoms with van der Waals surface area (Å²) in [6.07, 6.45) is 11.9. The summed E-state index contributed by atoms with van der Waals surface area (Å²) < 4.78 is 2.30. The molecule has 1 N–H and O–H groups in total. The van der Waals surface area contributed by atoms with Crippen LogP contribution >= 0.6 is 0 Å². The zero-order valence-corrected chi connectivity index (χ0v) is 32.5. The highest BCUT2D eigenvalue weighted by Crippen LogP contribution is 2.41. The molecule has 0 amide bonds. The van der Waals surface area contributed by atoms with Crippen LogP contribution in [-0.2, 0) is 0 Å². The van der Waals surface area contributed by atoms with Crippen molar-refractivity contribution in [2.45, 2.75) is 6.92 Å². The standard InChI is InChI=1S/C56H42N2/c1-4-15-45(16-5-2)58-53-24-14-13-19-46(53)51-37-44(34-36-54(51)58)42-28-26-39(27-29-42)38(3)25-35-52(57)56-49-22-11-9-20-47(49)55(48-21-10-12-23-50(48)56)43-32-30-41(31-33-43)40-17-7-6-8-18-40/h4-37,57H,1,3H2,2H3/b16-5-,35-25-,45-15+,57-52?. The Bertz CT molecular complexity index is 3080. The fraction of sp³-hybridized carbons (Fsp3) is 0.0179. The first-order valence-electron chi connectivity index (χ1n) is 19.7. The van der Waals surface area contributed by atoms with Crippen molar-refractivity contribution >= 4 is 60.3 Å². The van der Waals surface area contributed by atoms with E-state index >= 15 is 0 Å². The van der Waals surface area contributed by atoms with E-state index in [0.29, 0.717) is 5.71 Å². The first-order chi connectivity index (χ1) is 28.5. The third kappa shape index (κ3) is 6.51. The smallest absolute Gasteiger partial charge is 0.0624 e. The van der Waals surface area contributed by atoms with Crippen molar-refractivity contribution in [1.82, 2.24) is 4.57 Å². The third-order valence-corrected chi connectivity index (χ3v) is 11.1. The van der Waals surface area contributed by atoms with Crippen molar-refractivity contribution in [2.75, 3.05) is 0 Å². The lowest BCUT2D eigenvalue weighted by Gasteiger charge is -2.17. The van der Waals surface area contributed by atoms with E-state index in [1.165, 1.54) is 27.5 Å². The van der Waals surface area contributed by atoms with Crippen LogP contribution in [0.5, 0.6) is 0 Å². The van der Waals surface area contributed by atoms with Crippen molar-refractivity contribution in [3.63, 3.8) is 0 Å². The van der Waals surface area contributed by atoms with Crippen LogP contribution in [-0.4, -0.2) is 10.3 Å². The first kappa shape index (κ1) is 36.1. The molecule has 2 nitrogen and oxygen atoms in total. The van der Waals surface area contributed by atoms with Crippen LogP contribution in [0.2, 0.25) is 0 Å². The van der Waals surface area contributed by atoms with Crippen LogP contribution in [0, 0.1) is 5.41 Å². The highest BCUT2D eigenvalue weighted by atomic mass is 15.0. The SMILES string of the molecule is C=C/C=C(\C=C/C)n1c2ccccc2c2cc(-c3ccc(C(=C)/C=C\C(=N)c4c5ccccc5c(-c5ccc(-c6ccccc6)cc5)c5ccccc45)cc3)ccc21. The molecule has 276 valence electrons. The molecule has 0 aliphatic heterocycles. The molecule has 1 heterocycles. The number of hydrogen-bond acceptors (Lipinski definition) is 1. The molecule has 0 saturated carbocycles. The number of fused-ring (bicyclic) bond motifs is 5. The van der Waals surface area contributed by atoms with E-state index in [2.05, 4.69) is 200 Å². The molecule has 0 fully saturated rings. The molecule has 2 heteroatoms. The summed E-state index contributed by atoms with van der Waals surface area (Å²) in [6.45, 7) is 10.4. The van der Waals surface area contributed by atoms with Gasteiger partial charge < -0.3 is 9.98 Å². The zero-order chi connectivity index (χ0) is 39.6. The van der Waals surface area contributed by atoms with E-state index in [0.717, 1.165) is 71.7 Å². The van der Waals surface area contributed by atoms with Crippen molar-refractivity contribution in [1.29, 1.82) is 5.41 Å². The molecule has 0 aliphatic rings. The van der Waals surface area contributed by atoms with Gasteiger partial charge in [-0.25, -0.2) is 0 Å². The summed E-state index contributed by atoms with van der Waals surface area (Å²) in [5, 5.41) is 16.2. The molecule has 0 saturated heterocycles. The molecule has 9 aromatic rings. The number of aromatic nitrogens is 1. The monoisotopic (exact) mass is 742 g/mol. The number of nitrogens with zero attached hydrogens (tertiary/aromatic N) is 1. The Morgan fingerprint density at radius 1 is 0.500 bits per heavy atom. The molecule has 58 heavy (non-hydrogen) atoms. The maximum atomic E-state index is 9.45. The maximum absolute atomic E-state index is 9.45. The summed E-state index contributed by atoms with van der Waals surface area (Å²) in [4.78, 5) is 0. The second-order valence-corrected chi connectivity index (χ2v) is 14.5. The largest absolute Gasteiger partial charge is 0.309 e. The highest BCUT2D eigenvalue weighted by molar-refractivity contribution is 6.28. The predicted octanol–water partition coefficient (Wildman–Crippen LogP) is 15.3. The molecule has 0 aliphatic carbocycles. The summed E-state index contributed by atoms with van der Waals surface area (Å²) >= 11 is 0. The van der Waals surface area contributed by atoms with Crippen molar-refractivity contribution in [3.05, 3.63) is 231 Å². The molecule has 0 unspecified atom stereocenters. The number of benzene rings is 8. The quantitative estimate of drug-likeness (QED) is 0.0821. The predicted molar refractivity (Wildman–Crippen MR) is 251 cm³/mol. The molecular weight excluding hydrogens is 701 g/mol. The molecule has 0 radical (unpaired) electrons. The minimum atomic E-state index is 0.448. The van der Waals surface area contributed by atoms with Crippen LogP contribution in [0.25, 0.3) is 88.0 Å². The van der Waals surface area contributed by atoms with Gasteiger partial charge in [-0.05, 0) is 109 Å². The molecule has 8 aromatic carbocycles. The normalized spacial score (nSPS) is 12.1. The van der Waals surface area contributed by atoms with Gasteiger partial charge in [-0.1, -0.05) is 183 Å². The summed E-state index contributed by atoms with van der Waals surface area (Å²) in [6, 6.07) is 60.1. The third-order valence-electron chi connectivity index (χ3n) is 11.1. The van der Waals surface area contributed by atoms with Gasteiger partial charge in [0.25, 0.3) is 0 Å². The van der Waals surface area contributed by atoms with Crippen LogP contribution in [0.1, 0.15) is 18.1 Å². The average Bonchev–Trinajstić information content (AvgIpc) is 3.61. The van der Waals surface area contributed by atoms with Crippen LogP contribution < -0.4 is 0 Å². The van der Waals surface area contributed by atoms with Crippen molar-refractivity contribution in [2.24, 2.45) is 0 Å². The number of allylic oxidation sites excluding steroid dienone is 8. The van der Waals surface area contributed by atoms with Gasteiger partial charge in [0.1, 0.15) is 0 Å². The molecular formula is C56H42N2. The molecule has 0 atom stereocenters. The summed E-state index contributed by atoms with van der Waals surface area (Å²) in [5.74, 6) is 0. The van der Waals surface area contributed by atoms with Gasteiger partial charge in [-0.15, -0.1) is 0 Å². The Labute approximate surface area is 339 Å². The van der Waals surface area contributed by atoms with E-state index < -0.39 is 0 Å². The summed E-state index contributed by atoms with van der Waals surface area (Å²) in [7, 11) is 0. The Kier molecular flexibility index (Phi) is 9.67. The zero-order valence-electron chi connectivity index (χ0n) is 32.5. The topological polar surface area (TPSA) is 28.8 Å². The summed E-state index contributed by atoms with van der Waals surface area (Å²) in [5.41, 5.74) is 13.6. The van der Waals surface area contributed by atoms with Gasteiger partial charge in [-0.3, -0.25) is 0 Å². The number of para-hydroxylation sites is 1. The van der Waals surface area contributed by atoms with Gasteiger partial charge >= 0.3 is 0 Å². The first-order valence-corrected chi connectivity index (χ1v) is 19.7. The van der Waals surface area contributed by atoms with E-state index in [9.17, 15) is 5.41 Å². The van der Waals surface area contributed by atoms with Crippen LogP contribution in [0.4, 0.5) is 0 Å². The van der Waals surface area contributed by atoms with Gasteiger partial charge in [0.05, 0.1) is 16.7 Å². The Morgan fingerprint density at radius 3 is 1.67 bits per heavy atom. The van der Waals surface area contributed by atoms with Crippen LogP contribution in [0.3, 0.4) is 0 Å². The van der Waals surface area contributed by atoms with Crippen molar-refractivity contribution in [3.8, 4) is 33.4 Å². The van der Waals surface area contributed by atoms with Gasteiger partial charge in [0, 0.05) is 22.0 Å².